The zero-order valence-electron chi connectivity index (χ0n) is 17.2. The number of carbonyl (C=O) groups excluding carboxylic acids is 2. The van der Waals surface area contributed by atoms with E-state index in [9.17, 15) is 14.0 Å². The number of nitrogens with zero attached hydrogens (tertiary/aromatic N) is 1. The molecule has 2 aromatic carbocycles. The molecule has 2 heterocycles. The summed E-state index contributed by atoms with van der Waals surface area (Å²) in [6.07, 6.45) is 2.39. The molecule has 2 aliphatic rings. The average molecular weight is 410 g/mol. The summed E-state index contributed by atoms with van der Waals surface area (Å²) in [6.45, 7) is 3.46. The summed E-state index contributed by atoms with van der Waals surface area (Å²) >= 11 is 0. The summed E-state index contributed by atoms with van der Waals surface area (Å²) in [7, 11) is 0. The van der Waals surface area contributed by atoms with E-state index in [0.29, 0.717) is 45.4 Å². The minimum Gasteiger partial charge on any atom is -0.381 e. The van der Waals surface area contributed by atoms with E-state index >= 15 is 0 Å². The number of piperidine rings is 1. The Balaban J connectivity index is 1.59. The van der Waals surface area contributed by atoms with Gasteiger partial charge in [0.05, 0.1) is 11.1 Å². The highest BCUT2D eigenvalue weighted by Gasteiger charge is 2.44. The van der Waals surface area contributed by atoms with Crippen LogP contribution in [0.15, 0.2) is 48.5 Å². The highest BCUT2D eigenvalue weighted by molar-refractivity contribution is 6.01. The Morgan fingerprint density at radius 2 is 1.83 bits per heavy atom. The van der Waals surface area contributed by atoms with Gasteiger partial charge in [-0.15, -0.1) is 0 Å². The fraction of sp³-hybridized carbons (Fsp3) is 0.417. The maximum atomic E-state index is 14.3. The molecule has 0 radical (unpaired) electrons. The minimum atomic E-state index is -0.718. The summed E-state index contributed by atoms with van der Waals surface area (Å²) in [6, 6.07) is 13.5. The van der Waals surface area contributed by atoms with Crippen molar-refractivity contribution in [3.8, 4) is 0 Å². The van der Waals surface area contributed by atoms with Crippen LogP contribution in [0.1, 0.15) is 36.8 Å². The summed E-state index contributed by atoms with van der Waals surface area (Å²) in [4.78, 5) is 28.2. The molecule has 0 spiro atoms. The number of rotatable bonds is 4. The van der Waals surface area contributed by atoms with Crippen LogP contribution in [0.25, 0.3) is 0 Å². The van der Waals surface area contributed by atoms with Gasteiger partial charge in [-0.2, -0.15) is 0 Å². The lowest BCUT2D eigenvalue weighted by Gasteiger charge is -2.39. The molecule has 1 unspecified atom stereocenters. The second-order valence-corrected chi connectivity index (χ2v) is 8.12. The van der Waals surface area contributed by atoms with Crippen molar-refractivity contribution in [3.05, 3.63) is 65.5 Å². The number of hydrogen-bond acceptors (Lipinski definition) is 3. The van der Waals surface area contributed by atoms with Gasteiger partial charge in [0, 0.05) is 19.8 Å². The number of carbonyl (C=O) groups is 2. The minimum absolute atomic E-state index is 0.145. The standard InChI is InChI=1S/C24H27FN2O3/c1-17-7-2-3-8-18(17)24(12-15-30-16-13-24)23(29)26-20-10-6-14-27(22(20)28)21-11-5-4-9-19(21)25/h2-5,7-9,11,20H,6,10,12-16H2,1H3,(H,26,29). The topological polar surface area (TPSA) is 58.6 Å². The first-order chi connectivity index (χ1) is 14.5. The van der Waals surface area contributed by atoms with Crippen LogP contribution in [0.2, 0.25) is 0 Å². The van der Waals surface area contributed by atoms with Crippen molar-refractivity contribution < 1.29 is 18.7 Å². The summed E-state index contributed by atoms with van der Waals surface area (Å²) in [5, 5.41) is 3.02. The Bertz CT molecular complexity index is 940. The molecule has 158 valence electrons. The highest BCUT2D eigenvalue weighted by atomic mass is 19.1. The van der Waals surface area contributed by atoms with Crippen molar-refractivity contribution >= 4 is 17.5 Å². The Morgan fingerprint density at radius 1 is 1.13 bits per heavy atom. The molecule has 1 atom stereocenters. The molecular formula is C24H27FN2O3. The Hall–Kier alpha value is -2.73. The molecule has 6 heteroatoms. The van der Waals surface area contributed by atoms with Gasteiger partial charge in [0.25, 0.3) is 0 Å². The van der Waals surface area contributed by atoms with Crippen molar-refractivity contribution in [1.82, 2.24) is 5.32 Å². The number of amides is 2. The zero-order valence-corrected chi connectivity index (χ0v) is 17.2. The first-order valence-corrected chi connectivity index (χ1v) is 10.5. The molecule has 0 saturated carbocycles. The van der Waals surface area contributed by atoms with Crippen LogP contribution < -0.4 is 10.2 Å². The van der Waals surface area contributed by atoms with Crippen LogP contribution in [0.4, 0.5) is 10.1 Å². The number of anilines is 1. The summed E-state index contributed by atoms with van der Waals surface area (Å²) in [5.74, 6) is -0.834. The molecule has 4 rings (SSSR count). The van der Waals surface area contributed by atoms with E-state index < -0.39 is 17.3 Å². The van der Waals surface area contributed by atoms with Crippen LogP contribution in [0.3, 0.4) is 0 Å². The Labute approximate surface area is 176 Å². The van der Waals surface area contributed by atoms with Gasteiger partial charge in [-0.25, -0.2) is 4.39 Å². The molecule has 2 fully saturated rings. The maximum absolute atomic E-state index is 14.3. The number of para-hydroxylation sites is 1. The van der Waals surface area contributed by atoms with Crippen LogP contribution in [0.5, 0.6) is 0 Å². The molecule has 2 aliphatic heterocycles. The fourth-order valence-electron chi connectivity index (χ4n) is 4.66. The van der Waals surface area contributed by atoms with Gasteiger partial charge in [-0.05, 0) is 55.9 Å². The third kappa shape index (κ3) is 3.72. The van der Waals surface area contributed by atoms with Crippen LogP contribution in [-0.2, 0) is 19.7 Å². The number of aryl methyl sites for hydroxylation is 1. The van der Waals surface area contributed by atoms with E-state index in [0.717, 1.165) is 11.1 Å². The van der Waals surface area contributed by atoms with Crippen molar-refractivity contribution in [3.63, 3.8) is 0 Å². The first kappa shape index (κ1) is 20.5. The van der Waals surface area contributed by atoms with E-state index in [-0.39, 0.29) is 17.5 Å². The Morgan fingerprint density at radius 3 is 2.57 bits per heavy atom. The third-order valence-corrected chi connectivity index (χ3v) is 6.33. The van der Waals surface area contributed by atoms with Gasteiger partial charge in [0.1, 0.15) is 11.9 Å². The molecule has 0 bridgehead atoms. The third-order valence-electron chi connectivity index (χ3n) is 6.33. The van der Waals surface area contributed by atoms with E-state index in [4.69, 9.17) is 4.74 Å². The van der Waals surface area contributed by atoms with Gasteiger partial charge in [-0.1, -0.05) is 36.4 Å². The molecule has 1 N–H and O–H groups in total. The normalized spacial score (nSPS) is 21.3. The van der Waals surface area contributed by atoms with Crippen molar-refractivity contribution in [2.75, 3.05) is 24.7 Å². The van der Waals surface area contributed by atoms with Gasteiger partial charge in [-0.3, -0.25) is 9.59 Å². The summed E-state index contributed by atoms with van der Waals surface area (Å²) < 4.78 is 19.8. The van der Waals surface area contributed by atoms with Gasteiger partial charge >= 0.3 is 0 Å². The molecular weight excluding hydrogens is 383 g/mol. The number of ether oxygens (including phenoxy) is 1. The quantitative estimate of drug-likeness (QED) is 0.839. The van der Waals surface area contributed by atoms with Crippen LogP contribution in [-0.4, -0.2) is 37.6 Å². The van der Waals surface area contributed by atoms with Gasteiger partial charge in [0.15, 0.2) is 0 Å². The van der Waals surface area contributed by atoms with E-state index in [1.54, 1.807) is 18.2 Å². The molecule has 0 aliphatic carbocycles. The lowest BCUT2D eigenvalue weighted by atomic mass is 9.71. The number of hydrogen-bond donors (Lipinski definition) is 1. The lowest BCUT2D eigenvalue weighted by molar-refractivity contribution is -0.134. The van der Waals surface area contributed by atoms with Crippen LogP contribution in [0, 0.1) is 12.7 Å². The van der Waals surface area contributed by atoms with E-state index in [1.165, 1.54) is 11.0 Å². The number of benzene rings is 2. The molecule has 30 heavy (non-hydrogen) atoms. The lowest BCUT2D eigenvalue weighted by Crippen LogP contribution is -2.57. The van der Waals surface area contributed by atoms with Crippen molar-refractivity contribution in [2.24, 2.45) is 0 Å². The van der Waals surface area contributed by atoms with Crippen molar-refractivity contribution in [2.45, 2.75) is 44.1 Å². The Kier molecular flexibility index (Phi) is 5.86. The second kappa shape index (κ2) is 8.56. The molecule has 2 aromatic rings. The van der Waals surface area contributed by atoms with Gasteiger partial charge in [0.2, 0.25) is 11.8 Å². The largest absolute Gasteiger partial charge is 0.381 e. The number of nitrogens with one attached hydrogen (secondary N) is 1. The van der Waals surface area contributed by atoms with Gasteiger partial charge < -0.3 is 15.0 Å². The van der Waals surface area contributed by atoms with E-state index in [2.05, 4.69) is 5.32 Å². The second-order valence-electron chi connectivity index (χ2n) is 8.12. The first-order valence-electron chi connectivity index (χ1n) is 10.5. The number of halogens is 1. The average Bonchev–Trinajstić information content (AvgIpc) is 2.76. The molecule has 5 nitrogen and oxygen atoms in total. The summed E-state index contributed by atoms with van der Waals surface area (Å²) in [5.41, 5.74) is 1.59. The maximum Gasteiger partial charge on any atom is 0.249 e. The predicted octanol–water partition coefficient (Wildman–Crippen LogP) is 3.49. The molecule has 0 aromatic heterocycles. The SMILES string of the molecule is Cc1ccccc1C1(C(=O)NC2CCCN(c3ccccc3F)C2=O)CCOCC1. The van der Waals surface area contributed by atoms with Crippen LogP contribution >= 0.6 is 0 Å². The smallest absolute Gasteiger partial charge is 0.249 e. The van der Waals surface area contributed by atoms with Crippen molar-refractivity contribution in [1.29, 1.82) is 0 Å². The monoisotopic (exact) mass is 410 g/mol. The predicted molar refractivity (Wildman–Crippen MR) is 113 cm³/mol. The molecule has 2 amide bonds. The fourth-order valence-corrected chi connectivity index (χ4v) is 4.66. The van der Waals surface area contributed by atoms with E-state index in [1.807, 2.05) is 31.2 Å². The molecule has 2 saturated heterocycles. The zero-order chi connectivity index (χ0) is 21.1. The highest BCUT2D eigenvalue weighted by Crippen LogP contribution is 2.37.